The van der Waals surface area contributed by atoms with E-state index in [1.165, 1.54) is 25.7 Å². The lowest BCUT2D eigenvalue weighted by molar-refractivity contribution is 0.278. The molecule has 0 heterocycles. The Morgan fingerprint density at radius 2 is 1.87 bits per heavy atom. The smallest absolute Gasteiger partial charge is 0.214 e. The lowest BCUT2D eigenvalue weighted by Gasteiger charge is -2.25. The third-order valence-electron chi connectivity index (χ3n) is 3.15. The number of rotatable bonds is 5. The predicted octanol–water partition coefficient (Wildman–Crippen LogP) is 2.47. The minimum atomic E-state index is -3.06. The molecule has 1 fully saturated rings. The Balaban J connectivity index is 2.16. The van der Waals surface area contributed by atoms with Crippen LogP contribution in [0, 0.1) is 11.8 Å². The molecule has 0 saturated heterocycles. The van der Waals surface area contributed by atoms with Crippen molar-refractivity contribution in [3.05, 3.63) is 0 Å². The van der Waals surface area contributed by atoms with Crippen LogP contribution in [0.25, 0.3) is 0 Å². The van der Waals surface area contributed by atoms with Gasteiger partial charge in [-0.05, 0) is 18.3 Å². The van der Waals surface area contributed by atoms with Crippen molar-refractivity contribution < 1.29 is 8.42 Å². The van der Waals surface area contributed by atoms with Gasteiger partial charge in [-0.2, -0.15) is 0 Å². The molecule has 0 radical (unpaired) electrons. The molecule has 1 aliphatic carbocycles. The average molecular weight is 298 g/mol. The highest BCUT2D eigenvalue weighted by molar-refractivity contribution is 9.10. The van der Waals surface area contributed by atoms with Crippen LogP contribution in [-0.2, 0) is 10.0 Å². The summed E-state index contributed by atoms with van der Waals surface area (Å²) in [5.41, 5.74) is 0. The van der Waals surface area contributed by atoms with E-state index in [0.717, 1.165) is 18.3 Å². The first-order valence-electron chi connectivity index (χ1n) is 5.57. The maximum Gasteiger partial charge on any atom is 0.221 e. The van der Waals surface area contributed by atoms with Crippen molar-refractivity contribution in [3.8, 4) is 0 Å². The molecule has 3 nitrogen and oxygen atoms in total. The number of halogens is 1. The molecule has 1 N–H and O–H groups in total. The van der Waals surface area contributed by atoms with Crippen LogP contribution >= 0.6 is 15.9 Å². The first-order chi connectivity index (χ1) is 7.03. The minimum absolute atomic E-state index is 0.00169. The summed E-state index contributed by atoms with van der Waals surface area (Å²) in [6, 6.07) is 0. The van der Waals surface area contributed by atoms with Crippen LogP contribution in [0.1, 0.15) is 39.0 Å². The van der Waals surface area contributed by atoms with Gasteiger partial charge in [0.1, 0.15) is 4.66 Å². The summed E-state index contributed by atoms with van der Waals surface area (Å²) in [7, 11) is -3.06. The fourth-order valence-electron chi connectivity index (χ4n) is 2.07. The van der Waals surface area contributed by atoms with Crippen molar-refractivity contribution in [1.29, 1.82) is 0 Å². The Hall–Kier alpha value is 0.390. The summed E-state index contributed by atoms with van der Waals surface area (Å²) in [4.78, 5) is 0. The van der Waals surface area contributed by atoms with Crippen molar-refractivity contribution in [3.63, 3.8) is 0 Å². The third kappa shape index (κ3) is 5.31. The van der Waals surface area contributed by atoms with Crippen molar-refractivity contribution in [2.75, 3.05) is 11.2 Å². The number of nitrogens with one attached hydrogen (secondary N) is 1. The second-order valence-corrected chi connectivity index (χ2v) is 7.64. The Labute approximate surface area is 101 Å². The number of sulfonamides is 1. The van der Waals surface area contributed by atoms with Crippen LogP contribution in [0.3, 0.4) is 0 Å². The molecule has 0 aromatic rings. The molecule has 0 aromatic carbocycles. The molecule has 0 unspecified atom stereocenters. The van der Waals surface area contributed by atoms with Crippen molar-refractivity contribution in [2.45, 2.75) is 39.0 Å². The summed E-state index contributed by atoms with van der Waals surface area (Å²) in [6.07, 6.45) is 6.11. The average Bonchev–Trinajstić information content (AvgIpc) is 2.21. The summed E-state index contributed by atoms with van der Waals surface area (Å²) >= 11 is 2.95. The first-order valence-corrected chi connectivity index (χ1v) is 8.34. The highest BCUT2D eigenvalue weighted by Gasteiger charge is 2.18. The van der Waals surface area contributed by atoms with Crippen molar-refractivity contribution in [1.82, 2.24) is 4.72 Å². The molecule has 0 aliphatic heterocycles. The predicted molar refractivity (Wildman–Crippen MR) is 66.5 cm³/mol. The lowest BCUT2D eigenvalue weighted by atomic mass is 9.81. The maximum atomic E-state index is 11.1. The summed E-state index contributed by atoms with van der Waals surface area (Å²) in [5, 5.41) is 0. The SMILES string of the molecule is CC1CCC(CCNS(=O)(=O)CBr)CC1. The Bertz CT molecular complexity index is 271. The van der Waals surface area contributed by atoms with Crippen LogP contribution in [-0.4, -0.2) is 19.6 Å². The fraction of sp³-hybridized carbons (Fsp3) is 1.00. The zero-order valence-corrected chi connectivity index (χ0v) is 11.6. The molecule has 5 heteroatoms. The van der Waals surface area contributed by atoms with Gasteiger partial charge in [-0.3, -0.25) is 0 Å². The molecule has 0 spiro atoms. The molecule has 0 amide bonds. The lowest BCUT2D eigenvalue weighted by Crippen LogP contribution is -2.27. The van der Waals surface area contributed by atoms with Gasteiger partial charge >= 0.3 is 0 Å². The number of hydrogen-bond acceptors (Lipinski definition) is 2. The molecule has 0 atom stereocenters. The Morgan fingerprint density at radius 1 is 1.27 bits per heavy atom. The minimum Gasteiger partial charge on any atom is -0.214 e. The topological polar surface area (TPSA) is 46.2 Å². The standard InChI is InChI=1S/C10H20BrNO2S/c1-9-2-4-10(5-3-9)6-7-12-15(13,14)8-11/h9-10,12H,2-8H2,1H3. The van der Waals surface area contributed by atoms with Crippen LogP contribution in [0.15, 0.2) is 0 Å². The van der Waals surface area contributed by atoms with Crippen molar-refractivity contribution in [2.24, 2.45) is 11.8 Å². The van der Waals surface area contributed by atoms with Gasteiger partial charge < -0.3 is 0 Å². The van der Waals surface area contributed by atoms with E-state index in [1.54, 1.807) is 0 Å². The van der Waals surface area contributed by atoms with Crippen LogP contribution in [0.4, 0.5) is 0 Å². The summed E-state index contributed by atoms with van der Waals surface area (Å²) in [5.74, 6) is 1.58. The Morgan fingerprint density at radius 3 is 2.40 bits per heavy atom. The second-order valence-electron chi connectivity index (χ2n) is 4.53. The van der Waals surface area contributed by atoms with E-state index in [9.17, 15) is 8.42 Å². The highest BCUT2D eigenvalue weighted by Crippen LogP contribution is 2.29. The highest BCUT2D eigenvalue weighted by atomic mass is 79.9. The molecule has 0 bridgehead atoms. The van der Waals surface area contributed by atoms with E-state index in [2.05, 4.69) is 27.6 Å². The third-order valence-corrected chi connectivity index (χ3v) is 5.89. The van der Waals surface area contributed by atoms with Crippen LogP contribution in [0.5, 0.6) is 0 Å². The first kappa shape index (κ1) is 13.5. The number of hydrogen-bond donors (Lipinski definition) is 1. The molecule has 15 heavy (non-hydrogen) atoms. The van der Waals surface area contributed by atoms with E-state index in [0.29, 0.717) is 6.54 Å². The van der Waals surface area contributed by atoms with Crippen LogP contribution in [0.2, 0.25) is 0 Å². The molecular formula is C10H20BrNO2S. The molecule has 90 valence electrons. The molecular weight excluding hydrogens is 278 g/mol. The number of alkyl halides is 1. The quantitative estimate of drug-likeness (QED) is 0.793. The van der Waals surface area contributed by atoms with Gasteiger partial charge in [0.2, 0.25) is 10.0 Å². The van der Waals surface area contributed by atoms with Crippen LogP contribution < -0.4 is 4.72 Å². The van der Waals surface area contributed by atoms with Crippen molar-refractivity contribution >= 4 is 26.0 Å². The van der Waals surface area contributed by atoms with Gasteiger partial charge in [0.25, 0.3) is 0 Å². The Kier molecular flexibility index (Phi) is 5.57. The van der Waals surface area contributed by atoms with Gasteiger partial charge in [-0.25, -0.2) is 13.1 Å². The van der Waals surface area contributed by atoms with Gasteiger partial charge in [-0.1, -0.05) is 48.5 Å². The monoisotopic (exact) mass is 297 g/mol. The van der Waals surface area contributed by atoms with E-state index in [1.807, 2.05) is 0 Å². The molecule has 1 rings (SSSR count). The summed E-state index contributed by atoms with van der Waals surface area (Å²) < 4.78 is 24.9. The van der Waals surface area contributed by atoms with E-state index in [4.69, 9.17) is 0 Å². The van der Waals surface area contributed by atoms with Gasteiger partial charge in [-0.15, -0.1) is 0 Å². The molecule has 0 aromatic heterocycles. The second kappa shape index (κ2) is 6.21. The summed E-state index contributed by atoms with van der Waals surface area (Å²) in [6.45, 7) is 2.89. The van der Waals surface area contributed by atoms with E-state index >= 15 is 0 Å². The van der Waals surface area contributed by atoms with Gasteiger partial charge in [0.05, 0.1) is 0 Å². The zero-order chi connectivity index (χ0) is 11.3. The van der Waals surface area contributed by atoms with E-state index in [-0.39, 0.29) is 4.66 Å². The largest absolute Gasteiger partial charge is 0.221 e. The normalized spacial score (nSPS) is 27.9. The fourth-order valence-corrected chi connectivity index (χ4v) is 3.07. The van der Waals surface area contributed by atoms with Gasteiger partial charge in [0.15, 0.2) is 0 Å². The molecule has 1 saturated carbocycles. The zero-order valence-electron chi connectivity index (χ0n) is 9.21. The van der Waals surface area contributed by atoms with Gasteiger partial charge in [0, 0.05) is 6.54 Å². The van der Waals surface area contributed by atoms with E-state index < -0.39 is 10.0 Å². The molecule has 1 aliphatic rings. The maximum absolute atomic E-state index is 11.1.